The third-order valence-corrected chi connectivity index (χ3v) is 2.93. The van der Waals surface area contributed by atoms with E-state index in [0.717, 1.165) is 0 Å². The number of rotatable bonds is 2. The molecular weight excluding hydrogens is 291 g/mol. The summed E-state index contributed by atoms with van der Waals surface area (Å²) in [5.74, 6) is 0. The first-order valence-electron chi connectivity index (χ1n) is 4.05. The number of tetrazole rings is 1. The number of H-pyrrole nitrogens is 1. The first-order chi connectivity index (χ1) is 7.48. The van der Waals surface area contributed by atoms with E-state index < -0.39 is 10.1 Å². The van der Waals surface area contributed by atoms with Crippen molar-refractivity contribution in [3.05, 3.63) is 29.0 Å². The number of aromatic amines is 1. The van der Waals surface area contributed by atoms with Crippen molar-refractivity contribution >= 4 is 22.3 Å². The van der Waals surface area contributed by atoms with Crippen LogP contribution in [0.3, 0.4) is 0 Å². The van der Waals surface area contributed by atoms with E-state index in [1.54, 1.807) is 6.07 Å². The predicted molar refractivity (Wildman–Crippen MR) is 58.1 cm³/mol. The number of nitrogens with one attached hydrogen (secondary N) is 1. The Morgan fingerprint density at radius 1 is 1.39 bits per heavy atom. The van der Waals surface area contributed by atoms with E-state index in [4.69, 9.17) is 12.2 Å². The molecule has 3 N–H and O–H groups in total. The van der Waals surface area contributed by atoms with Gasteiger partial charge in [-0.05, 0) is 30.4 Å². The van der Waals surface area contributed by atoms with Crippen LogP contribution < -0.4 is 29.6 Å². The smallest absolute Gasteiger partial charge is 0.744 e. The van der Waals surface area contributed by atoms with E-state index in [2.05, 4.69) is 15.5 Å². The summed E-state index contributed by atoms with van der Waals surface area (Å²) in [4.78, 5) is -0.332. The Labute approximate surface area is 129 Å². The average Bonchev–Trinajstić information content (AvgIpc) is 2.63. The number of nitrogens with zero attached hydrogens (tertiary/aromatic N) is 3. The molecule has 0 spiro atoms. The molecule has 11 heteroatoms. The second-order valence-corrected chi connectivity index (χ2v) is 4.61. The molecular formula is C7H7N4NaO4S2. The number of benzene rings is 1. The zero-order valence-corrected chi connectivity index (χ0v) is 12.8. The molecule has 1 aromatic carbocycles. The van der Waals surface area contributed by atoms with E-state index >= 15 is 0 Å². The van der Waals surface area contributed by atoms with Gasteiger partial charge in [0.2, 0.25) is 4.77 Å². The van der Waals surface area contributed by atoms with Crippen LogP contribution in [-0.2, 0) is 10.1 Å². The minimum Gasteiger partial charge on any atom is -0.744 e. The molecule has 0 unspecified atom stereocenters. The molecule has 8 nitrogen and oxygen atoms in total. The van der Waals surface area contributed by atoms with Crippen molar-refractivity contribution in [2.75, 3.05) is 0 Å². The van der Waals surface area contributed by atoms with Gasteiger partial charge in [-0.3, -0.25) is 0 Å². The Bertz CT molecular complexity index is 681. The number of aromatic nitrogens is 4. The maximum absolute atomic E-state index is 10.8. The fourth-order valence-electron chi connectivity index (χ4n) is 1.14. The Morgan fingerprint density at radius 2 is 2.06 bits per heavy atom. The monoisotopic (exact) mass is 298 g/mol. The second-order valence-electron chi connectivity index (χ2n) is 2.87. The fourth-order valence-corrected chi connectivity index (χ4v) is 1.84. The van der Waals surface area contributed by atoms with E-state index in [9.17, 15) is 13.0 Å². The SMILES string of the molecule is O.O=S(=O)([O-])c1cccc(-n2[nH]nnc2=S)c1.[Na+]. The van der Waals surface area contributed by atoms with Gasteiger partial charge in [0.1, 0.15) is 10.1 Å². The van der Waals surface area contributed by atoms with Crippen LogP contribution >= 0.6 is 12.2 Å². The summed E-state index contributed by atoms with van der Waals surface area (Å²) >= 11 is 4.83. The molecule has 2 aromatic rings. The molecule has 1 aromatic heterocycles. The first kappa shape index (κ1) is 17.4. The molecule has 92 valence electrons. The normalized spacial score (nSPS) is 10.3. The van der Waals surface area contributed by atoms with E-state index in [1.165, 1.54) is 22.9 Å². The Kier molecular flexibility index (Phi) is 6.29. The summed E-state index contributed by atoms with van der Waals surface area (Å²) in [5.41, 5.74) is 0.381. The van der Waals surface area contributed by atoms with Crippen molar-refractivity contribution in [3.8, 4) is 5.69 Å². The van der Waals surface area contributed by atoms with Crippen LogP contribution in [0.25, 0.3) is 5.69 Å². The van der Waals surface area contributed by atoms with Crippen LogP contribution in [0.15, 0.2) is 29.2 Å². The minimum absolute atomic E-state index is 0. The zero-order chi connectivity index (χ0) is 11.8. The summed E-state index contributed by atoms with van der Waals surface area (Å²) in [6, 6.07) is 5.41. The molecule has 0 fully saturated rings. The fraction of sp³-hybridized carbons (Fsp3) is 0. The molecule has 1 heterocycles. The molecule has 0 aliphatic rings. The summed E-state index contributed by atoms with van der Waals surface area (Å²) in [6.45, 7) is 0. The molecule has 0 radical (unpaired) electrons. The van der Waals surface area contributed by atoms with Crippen molar-refractivity contribution in [1.82, 2.24) is 20.2 Å². The van der Waals surface area contributed by atoms with Crippen LogP contribution in [0.4, 0.5) is 0 Å². The predicted octanol–water partition coefficient (Wildman–Crippen LogP) is -3.59. The summed E-state index contributed by atoms with van der Waals surface area (Å²) in [7, 11) is -4.48. The quantitative estimate of drug-likeness (QED) is 0.346. The number of hydrogen-bond acceptors (Lipinski definition) is 6. The van der Waals surface area contributed by atoms with Gasteiger partial charge in [-0.15, -0.1) is 0 Å². The van der Waals surface area contributed by atoms with Crippen molar-refractivity contribution in [2.24, 2.45) is 0 Å². The summed E-state index contributed by atoms with van der Waals surface area (Å²) < 4.78 is 33.8. The van der Waals surface area contributed by atoms with Gasteiger partial charge >= 0.3 is 29.6 Å². The summed E-state index contributed by atoms with van der Waals surface area (Å²) in [6.07, 6.45) is 0. The van der Waals surface area contributed by atoms with Crippen molar-refractivity contribution in [2.45, 2.75) is 4.90 Å². The molecule has 0 bridgehead atoms. The van der Waals surface area contributed by atoms with Crippen LogP contribution in [0.1, 0.15) is 0 Å². The van der Waals surface area contributed by atoms with Gasteiger partial charge in [0.25, 0.3) is 0 Å². The maximum atomic E-state index is 10.8. The standard InChI is InChI=1S/C7H6N4O3S2.Na.H2O/c12-16(13,14)6-3-1-2-5(4-6)11-7(15)8-9-10-11;;/h1-4H,(H,8,10,15)(H,12,13,14);;1H2/q;+1;/p-1. The van der Waals surface area contributed by atoms with Gasteiger partial charge in [0.15, 0.2) is 0 Å². The largest absolute Gasteiger partial charge is 1.00 e. The topological polar surface area (TPSA) is 135 Å². The Morgan fingerprint density at radius 3 is 2.56 bits per heavy atom. The third kappa shape index (κ3) is 3.68. The van der Waals surface area contributed by atoms with E-state index in [1.807, 2.05) is 0 Å². The van der Waals surface area contributed by atoms with Gasteiger partial charge in [-0.25, -0.2) is 13.1 Å². The molecule has 0 saturated heterocycles. The molecule has 0 saturated carbocycles. The number of hydrogen-bond donors (Lipinski definition) is 1. The third-order valence-electron chi connectivity index (χ3n) is 1.84. The maximum Gasteiger partial charge on any atom is 1.00 e. The molecule has 18 heavy (non-hydrogen) atoms. The van der Waals surface area contributed by atoms with Gasteiger partial charge in [-0.2, -0.15) is 5.21 Å². The van der Waals surface area contributed by atoms with Crippen molar-refractivity contribution in [3.63, 3.8) is 0 Å². The van der Waals surface area contributed by atoms with Gasteiger partial charge in [0, 0.05) is 0 Å². The summed E-state index contributed by atoms with van der Waals surface area (Å²) in [5, 5.41) is 9.43. The van der Waals surface area contributed by atoms with Crippen molar-refractivity contribution < 1.29 is 48.0 Å². The minimum atomic E-state index is -4.48. The van der Waals surface area contributed by atoms with Crippen LogP contribution in [0.5, 0.6) is 0 Å². The zero-order valence-electron chi connectivity index (χ0n) is 9.19. The average molecular weight is 298 g/mol. The van der Waals surface area contributed by atoms with Gasteiger partial charge in [-0.1, -0.05) is 16.4 Å². The molecule has 0 amide bonds. The molecule has 0 aliphatic heterocycles. The Balaban J connectivity index is 0.00000144. The second kappa shape index (κ2) is 6.52. The molecule has 2 rings (SSSR count). The van der Waals surface area contributed by atoms with Crippen LogP contribution in [0.2, 0.25) is 0 Å². The van der Waals surface area contributed by atoms with Gasteiger partial charge in [0.05, 0.1) is 10.6 Å². The van der Waals surface area contributed by atoms with Crippen LogP contribution in [-0.4, -0.2) is 38.7 Å². The first-order valence-corrected chi connectivity index (χ1v) is 5.86. The van der Waals surface area contributed by atoms with Gasteiger partial charge < -0.3 is 10.0 Å². The molecule has 0 atom stereocenters. The van der Waals surface area contributed by atoms with Crippen LogP contribution in [0, 0.1) is 4.77 Å². The van der Waals surface area contributed by atoms with E-state index in [-0.39, 0.29) is 44.7 Å². The Hall–Kier alpha value is -0.620. The van der Waals surface area contributed by atoms with E-state index in [0.29, 0.717) is 5.69 Å². The molecule has 0 aliphatic carbocycles. The van der Waals surface area contributed by atoms with Crippen molar-refractivity contribution in [1.29, 1.82) is 0 Å².